The highest BCUT2D eigenvalue weighted by Gasteiger charge is 2.36. The molecule has 152 valence electrons. The predicted molar refractivity (Wildman–Crippen MR) is 113 cm³/mol. The Morgan fingerprint density at radius 1 is 1.32 bits per heavy atom. The molecule has 9 heteroatoms. The predicted octanol–water partition coefficient (Wildman–Crippen LogP) is 4.68. The lowest BCUT2D eigenvalue weighted by molar-refractivity contribution is -0.137. The van der Waals surface area contributed by atoms with Gasteiger partial charge in [-0.05, 0) is 48.9 Å². The van der Waals surface area contributed by atoms with Gasteiger partial charge in [0.05, 0.1) is 12.0 Å². The monoisotopic (exact) mass is 460 g/mol. The van der Waals surface area contributed by atoms with Crippen LogP contribution >= 0.6 is 34.5 Å². The van der Waals surface area contributed by atoms with E-state index in [0.29, 0.717) is 33.6 Å². The van der Waals surface area contributed by atoms with Crippen molar-refractivity contribution in [2.45, 2.75) is 30.0 Å². The third-order valence-corrected chi connectivity index (χ3v) is 8.96. The minimum absolute atomic E-state index is 0.0791. The van der Waals surface area contributed by atoms with E-state index >= 15 is 0 Å². The van der Waals surface area contributed by atoms with Gasteiger partial charge in [0.2, 0.25) is 5.91 Å². The van der Waals surface area contributed by atoms with E-state index in [4.69, 9.17) is 23.2 Å². The number of hydrogen-bond donors (Lipinski definition) is 0. The molecule has 1 saturated heterocycles. The van der Waals surface area contributed by atoms with Crippen LogP contribution < -0.4 is 0 Å². The Balaban J connectivity index is 1.74. The smallest absolute Gasteiger partial charge is 0.252 e. The van der Waals surface area contributed by atoms with E-state index in [1.165, 1.54) is 15.6 Å². The average Bonchev–Trinajstić information content (AvgIpc) is 3.22. The van der Waals surface area contributed by atoms with Crippen molar-refractivity contribution in [3.8, 4) is 0 Å². The number of benzene rings is 1. The molecule has 0 saturated carbocycles. The number of hydrogen-bond acceptors (Lipinski definition) is 4. The molecule has 3 rings (SSSR count). The quantitative estimate of drug-likeness (QED) is 0.650. The van der Waals surface area contributed by atoms with Crippen molar-refractivity contribution in [1.82, 2.24) is 9.21 Å². The van der Waals surface area contributed by atoms with Crippen LogP contribution in [0.4, 0.5) is 0 Å². The first kappa shape index (κ1) is 21.6. The molecule has 5 nitrogen and oxygen atoms in total. The van der Waals surface area contributed by atoms with Gasteiger partial charge in [-0.15, -0.1) is 11.3 Å². The third-order valence-electron chi connectivity index (χ3n) is 5.16. The topological polar surface area (TPSA) is 57.7 Å². The molecule has 0 N–H and O–H groups in total. The van der Waals surface area contributed by atoms with Crippen LogP contribution in [-0.4, -0.2) is 43.7 Å². The molecule has 28 heavy (non-hydrogen) atoms. The minimum Gasteiger partial charge on any atom is -0.339 e. The Morgan fingerprint density at radius 2 is 2.07 bits per heavy atom. The molecule has 1 aromatic carbocycles. The zero-order chi connectivity index (χ0) is 20.5. The lowest BCUT2D eigenvalue weighted by Crippen LogP contribution is -2.46. The summed E-state index contributed by atoms with van der Waals surface area (Å²) in [6.07, 6.45) is 1.33. The van der Waals surface area contributed by atoms with Crippen LogP contribution in [0.2, 0.25) is 10.0 Å². The molecule has 2 unspecified atom stereocenters. The number of nitrogens with zero attached hydrogens (tertiary/aromatic N) is 2. The van der Waals surface area contributed by atoms with Crippen molar-refractivity contribution in [2.75, 3.05) is 20.1 Å². The van der Waals surface area contributed by atoms with Crippen LogP contribution in [0.5, 0.6) is 0 Å². The SMILES string of the molecule is CC(c1ccc(Cl)cc1Cl)N(C)C(=O)C1CCCN(S(=O)(=O)c2cccs2)C1. The Kier molecular flexibility index (Phi) is 6.72. The third kappa shape index (κ3) is 4.39. The Labute approximate surface area is 179 Å². The highest BCUT2D eigenvalue weighted by Crippen LogP contribution is 2.32. The summed E-state index contributed by atoms with van der Waals surface area (Å²) in [5.74, 6) is -0.452. The number of rotatable bonds is 5. The summed E-state index contributed by atoms with van der Waals surface area (Å²) >= 11 is 13.4. The molecule has 2 heterocycles. The zero-order valence-corrected chi connectivity index (χ0v) is 18.8. The normalized spacial score (nSPS) is 19.4. The molecule has 0 aliphatic carbocycles. The van der Waals surface area contributed by atoms with Crippen molar-refractivity contribution < 1.29 is 13.2 Å². The van der Waals surface area contributed by atoms with E-state index in [1.807, 2.05) is 13.0 Å². The summed E-state index contributed by atoms with van der Waals surface area (Å²) in [5, 5.41) is 2.78. The van der Waals surface area contributed by atoms with Gasteiger partial charge in [0.15, 0.2) is 0 Å². The fourth-order valence-electron chi connectivity index (χ4n) is 3.43. The van der Waals surface area contributed by atoms with Crippen molar-refractivity contribution >= 4 is 50.5 Å². The van der Waals surface area contributed by atoms with Crippen LogP contribution in [0.15, 0.2) is 39.9 Å². The van der Waals surface area contributed by atoms with Gasteiger partial charge in [0.25, 0.3) is 10.0 Å². The minimum atomic E-state index is -3.55. The van der Waals surface area contributed by atoms with Gasteiger partial charge in [0, 0.05) is 30.2 Å². The number of halogens is 2. The molecule has 0 radical (unpaired) electrons. The largest absolute Gasteiger partial charge is 0.339 e. The highest BCUT2D eigenvalue weighted by atomic mass is 35.5. The number of piperidine rings is 1. The molecule has 1 aliphatic heterocycles. The van der Waals surface area contributed by atoms with Gasteiger partial charge >= 0.3 is 0 Å². The molecule has 1 aromatic heterocycles. The van der Waals surface area contributed by atoms with Gasteiger partial charge in [-0.25, -0.2) is 8.42 Å². The van der Waals surface area contributed by atoms with Crippen LogP contribution in [0.3, 0.4) is 0 Å². The summed E-state index contributed by atoms with van der Waals surface area (Å²) in [5.41, 5.74) is 0.806. The first-order chi connectivity index (χ1) is 13.2. The summed E-state index contributed by atoms with van der Waals surface area (Å²) < 4.78 is 27.3. The maximum absolute atomic E-state index is 13.1. The second-order valence-electron chi connectivity index (χ2n) is 6.93. The Bertz CT molecular complexity index is 948. The van der Waals surface area contributed by atoms with Crippen LogP contribution in [-0.2, 0) is 14.8 Å². The van der Waals surface area contributed by atoms with E-state index < -0.39 is 10.0 Å². The van der Waals surface area contributed by atoms with Gasteiger partial charge in [0.1, 0.15) is 4.21 Å². The molecular weight excluding hydrogens is 439 g/mol. The molecule has 0 spiro atoms. The van der Waals surface area contributed by atoms with Crippen LogP contribution in [0, 0.1) is 5.92 Å². The van der Waals surface area contributed by atoms with Crippen molar-refractivity contribution in [3.63, 3.8) is 0 Å². The summed E-state index contributed by atoms with van der Waals surface area (Å²) in [6.45, 7) is 2.53. The molecule has 1 amide bonds. The van der Waals surface area contributed by atoms with Gasteiger partial charge in [-0.3, -0.25) is 4.79 Å². The zero-order valence-electron chi connectivity index (χ0n) is 15.6. The first-order valence-electron chi connectivity index (χ1n) is 8.97. The van der Waals surface area contributed by atoms with Crippen LogP contribution in [0.25, 0.3) is 0 Å². The van der Waals surface area contributed by atoms with E-state index in [0.717, 1.165) is 5.56 Å². The fourth-order valence-corrected chi connectivity index (χ4v) is 6.66. The molecule has 1 fully saturated rings. The number of thiophene rings is 1. The van der Waals surface area contributed by atoms with E-state index in [1.54, 1.807) is 41.6 Å². The number of sulfonamides is 1. The van der Waals surface area contributed by atoms with E-state index in [-0.39, 0.29) is 24.4 Å². The summed E-state index contributed by atoms with van der Waals surface area (Å²) in [4.78, 5) is 14.7. The van der Waals surface area contributed by atoms with Gasteiger partial charge in [-0.2, -0.15) is 4.31 Å². The number of carbonyl (C=O) groups is 1. The van der Waals surface area contributed by atoms with E-state index in [9.17, 15) is 13.2 Å². The summed E-state index contributed by atoms with van der Waals surface area (Å²) in [7, 11) is -1.82. The van der Waals surface area contributed by atoms with Gasteiger partial charge in [-0.1, -0.05) is 35.3 Å². The van der Waals surface area contributed by atoms with Crippen molar-refractivity contribution in [2.24, 2.45) is 5.92 Å². The van der Waals surface area contributed by atoms with Gasteiger partial charge < -0.3 is 4.90 Å². The maximum Gasteiger partial charge on any atom is 0.252 e. The van der Waals surface area contributed by atoms with Crippen LogP contribution in [0.1, 0.15) is 31.4 Å². The Morgan fingerprint density at radius 3 is 2.71 bits per heavy atom. The molecule has 1 aliphatic rings. The lowest BCUT2D eigenvalue weighted by Gasteiger charge is -2.35. The molecule has 0 bridgehead atoms. The number of amides is 1. The lowest BCUT2D eigenvalue weighted by atomic mass is 9.96. The fraction of sp³-hybridized carbons (Fsp3) is 0.421. The number of carbonyl (C=O) groups excluding carboxylic acids is 1. The molecule has 2 aromatic rings. The standard InChI is InChI=1S/C19H22Cl2N2O3S2/c1-13(16-8-7-15(20)11-17(16)21)22(2)19(24)14-5-3-9-23(12-14)28(25,26)18-6-4-10-27-18/h4,6-8,10-11,13-14H,3,5,9,12H2,1-2H3. The van der Waals surface area contributed by atoms with Crippen molar-refractivity contribution in [3.05, 3.63) is 51.3 Å². The Hall–Kier alpha value is -1.12. The average molecular weight is 461 g/mol. The first-order valence-corrected chi connectivity index (χ1v) is 12.0. The molecule has 2 atom stereocenters. The second kappa shape index (κ2) is 8.71. The summed E-state index contributed by atoms with van der Waals surface area (Å²) in [6, 6.07) is 8.28. The van der Waals surface area contributed by atoms with Crippen molar-refractivity contribution in [1.29, 1.82) is 0 Å². The van der Waals surface area contributed by atoms with E-state index in [2.05, 4.69) is 0 Å². The molecular formula is C19H22Cl2N2O3S2. The second-order valence-corrected chi connectivity index (χ2v) is 10.9. The maximum atomic E-state index is 13.1. The highest BCUT2D eigenvalue weighted by molar-refractivity contribution is 7.91.